The third-order valence-electron chi connectivity index (χ3n) is 4.33. The largest absolute Gasteiger partial charge is 0.372 e. The highest BCUT2D eigenvalue weighted by Crippen LogP contribution is 2.30. The Hall–Kier alpha value is -1.36. The van der Waals surface area contributed by atoms with Gasteiger partial charge in [0.25, 0.3) is 5.91 Å². The van der Waals surface area contributed by atoms with Crippen molar-refractivity contribution >= 4 is 33.4 Å². The first-order valence-corrected chi connectivity index (χ1v) is 8.33. The molecule has 1 saturated heterocycles. The molecular weight excluding hydrogens is 332 g/mol. The molecule has 21 heavy (non-hydrogen) atoms. The number of nitrogens with zero attached hydrogens (tertiary/aromatic N) is 1. The summed E-state index contributed by atoms with van der Waals surface area (Å²) in [5.74, 6) is -0.0980. The van der Waals surface area contributed by atoms with Gasteiger partial charge in [0.15, 0.2) is 0 Å². The second-order valence-corrected chi connectivity index (χ2v) is 6.63. The third-order valence-corrected chi connectivity index (χ3v) is 5.02. The Labute approximate surface area is 133 Å². The van der Waals surface area contributed by atoms with E-state index in [0.29, 0.717) is 0 Å². The van der Waals surface area contributed by atoms with Crippen LogP contribution in [0.5, 0.6) is 0 Å². The Kier molecular flexibility index (Phi) is 4.29. The molecule has 2 fully saturated rings. The number of para-hydroxylation sites is 1. The lowest BCUT2D eigenvalue weighted by atomic mass is 9.94. The number of nitrogens with one attached hydrogen (secondary N) is 1. The molecule has 1 aliphatic carbocycles. The first kappa shape index (κ1) is 14.6. The van der Waals surface area contributed by atoms with Crippen molar-refractivity contribution in [3.05, 3.63) is 28.7 Å². The van der Waals surface area contributed by atoms with Gasteiger partial charge in [0.1, 0.15) is 6.04 Å². The van der Waals surface area contributed by atoms with Crippen molar-refractivity contribution in [3.63, 3.8) is 0 Å². The zero-order valence-corrected chi connectivity index (χ0v) is 13.4. The summed E-state index contributed by atoms with van der Waals surface area (Å²) in [5, 5.41) is 3.20. The number of anilines is 1. The van der Waals surface area contributed by atoms with Gasteiger partial charge in [0, 0.05) is 16.2 Å². The Balaban J connectivity index is 1.72. The van der Waals surface area contributed by atoms with E-state index in [1.54, 1.807) is 0 Å². The van der Waals surface area contributed by atoms with E-state index < -0.39 is 6.04 Å². The van der Waals surface area contributed by atoms with Gasteiger partial charge in [-0.25, -0.2) is 0 Å². The first-order chi connectivity index (χ1) is 10.2. The van der Waals surface area contributed by atoms with Crippen LogP contribution in [0.4, 0.5) is 5.69 Å². The van der Waals surface area contributed by atoms with Gasteiger partial charge in [-0.1, -0.05) is 31.4 Å². The summed E-state index contributed by atoms with van der Waals surface area (Å²) >= 11 is 3.46. The number of likely N-dealkylation sites (tertiary alicyclic amines) is 1. The number of benzene rings is 1. The summed E-state index contributed by atoms with van der Waals surface area (Å²) in [6.07, 6.45) is 5.62. The van der Waals surface area contributed by atoms with E-state index in [2.05, 4.69) is 21.2 Å². The van der Waals surface area contributed by atoms with Crippen molar-refractivity contribution in [2.24, 2.45) is 0 Å². The van der Waals surface area contributed by atoms with E-state index in [9.17, 15) is 9.59 Å². The molecule has 1 N–H and O–H groups in total. The Morgan fingerprint density at radius 1 is 1.10 bits per heavy atom. The fraction of sp³-hybridized carbons (Fsp3) is 0.500. The minimum atomic E-state index is -0.432. The summed E-state index contributed by atoms with van der Waals surface area (Å²) in [6, 6.07) is 7.34. The fourth-order valence-electron chi connectivity index (χ4n) is 3.25. The molecule has 0 bridgehead atoms. The predicted molar refractivity (Wildman–Crippen MR) is 84.9 cm³/mol. The maximum Gasteiger partial charge on any atom is 0.252 e. The lowest BCUT2D eigenvalue weighted by Crippen LogP contribution is -2.43. The van der Waals surface area contributed by atoms with Gasteiger partial charge in [-0.3, -0.25) is 14.5 Å². The molecule has 0 spiro atoms. The molecule has 0 aromatic heterocycles. The van der Waals surface area contributed by atoms with E-state index >= 15 is 0 Å². The van der Waals surface area contributed by atoms with Crippen LogP contribution in [-0.4, -0.2) is 28.8 Å². The maximum absolute atomic E-state index is 12.6. The van der Waals surface area contributed by atoms with Gasteiger partial charge in [-0.2, -0.15) is 0 Å². The van der Waals surface area contributed by atoms with Crippen LogP contribution in [-0.2, 0) is 9.59 Å². The van der Waals surface area contributed by atoms with E-state index in [0.717, 1.165) is 35.8 Å². The minimum Gasteiger partial charge on any atom is -0.372 e. The lowest BCUT2D eigenvalue weighted by Gasteiger charge is -2.29. The molecule has 1 heterocycles. The predicted octanol–water partition coefficient (Wildman–Crippen LogP) is 3.32. The highest BCUT2D eigenvalue weighted by Gasteiger charge is 2.42. The molecule has 1 atom stereocenters. The molecular formula is C16H19BrN2O2. The first-order valence-electron chi connectivity index (χ1n) is 7.54. The van der Waals surface area contributed by atoms with Gasteiger partial charge in [0.2, 0.25) is 5.91 Å². The van der Waals surface area contributed by atoms with Gasteiger partial charge in [0.05, 0.1) is 6.42 Å². The molecule has 1 aromatic rings. The second kappa shape index (κ2) is 6.18. The van der Waals surface area contributed by atoms with Crippen LogP contribution >= 0.6 is 15.9 Å². The summed E-state index contributed by atoms with van der Waals surface area (Å²) in [6.45, 7) is 0. The number of imide groups is 1. The summed E-state index contributed by atoms with van der Waals surface area (Å²) in [4.78, 5) is 26.3. The number of carbonyl (C=O) groups is 2. The average molecular weight is 351 g/mol. The van der Waals surface area contributed by atoms with Crippen LogP contribution in [0.15, 0.2) is 28.7 Å². The summed E-state index contributed by atoms with van der Waals surface area (Å²) < 4.78 is 0.904. The minimum absolute atomic E-state index is 0.0311. The monoisotopic (exact) mass is 350 g/mol. The topological polar surface area (TPSA) is 49.4 Å². The number of halogens is 1. The Bertz CT molecular complexity index is 555. The third kappa shape index (κ3) is 2.98. The number of hydrogen-bond donors (Lipinski definition) is 1. The summed E-state index contributed by atoms with van der Waals surface area (Å²) in [7, 11) is 0. The number of hydrogen-bond acceptors (Lipinski definition) is 3. The Morgan fingerprint density at radius 3 is 2.52 bits per heavy atom. The van der Waals surface area contributed by atoms with Crippen LogP contribution < -0.4 is 5.32 Å². The SMILES string of the molecule is O=C1CC(Nc2ccccc2Br)C(=O)N1C1CCCCC1. The second-order valence-electron chi connectivity index (χ2n) is 5.77. The van der Waals surface area contributed by atoms with Crippen LogP contribution in [0.1, 0.15) is 38.5 Å². The van der Waals surface area contributed by atoms with E-state index in [1.807, 2.05) is 24.3 Å². The van der Waals surface area contributed by atoms with E-state index in [4.69, 9.17) is 0 Å². The standard InChI is InChI=1S/C16H19BrN2O2/c17-12-8-4-5-9-13(12)18-14-10-15(20)19(16(14)21)11-6-2-1-3-7-11/h4-5,8-9,11,14,18H,1-3,6-7,10H2. The molecule has 3 rings (SSSR count). The smallest absolute Gasteiger partial charge is 0.252 e. The Morgan fingerprint density at radius 2 is 1.81 bits per heavy atom. The van der Waals surface area contributed by atoms with E-state index in [-0.39, 0.29) is 24.3 Å². The number of rotatable bonds is 3. The van der Waals surface area contributed by atoms with Gasteiger partial charge in [-0.05, 0) is 40.9 Å². The average Bonchev–Trinajstić information content (AvgIpc) is 2.77. The van der Waals surface area contributed by atoms with Crippen molar-refractivity contribution in [2.45, 2.75) is 50.6 Å². The molecule has 1 unspecified atom stereocenters. The van der Waals surface area contributed by atoms with Crippen molar-refractivity contribution in [1.82, 2.24) is 4.90 Å². The molecule has 5 heteroatoms. The fourth-order valence-corrected chi connectivity index (χ4v) is 3.65. The summed E-state index contributed by atoms with van der Waals surface area (Å²) in [5.41, 5.74) is 0.856. The van der Waals surface area contributed by atoms with Crippen LogP contribution in [0.25, 0.3) is 0 Å². The molecule has 2 aliphatic rings. The molecule has 1 aliphatic heterocycles. The zero-order chi connectivity index (χ0) is 14.8. The molecule has 2 amide bonds. The number of amides is 2. The van der Waals surface area contributed by atoms with Crippen molar-refractivity contribution in [1.29, 1.82) is 0 Å². The highest BCUT2D eigenvalue weighted by atomic mass is 79.9. The van der Waals surface area contributed by atoms with Gasteiger partial charge in [-0.15, -0.1) is 0 Å². The highest BCUT2D eigenvalue weighted by molar-refractivity contribution is 9.10. The van der Waals surface area contributed by atoms with Crippen molar-refractivity contribution < 1.29 is 9.59 Å². The molecule has 1 aromatic carbocycles. The molecule has 1 saturated carbocycles. The van der Waals surface area contributed by atoms with Crippen LogP contribution in [0.2, 0.25) is 0 Å². The molecule has 4 nitrogen and oxygen atoms in total. The van der Waals surface area contributed by atoms with Crippen LogP contribution in [0, 0.1) is 0 Å². The molecule has 0 radical (unpaired) electrons. The quantitative estimate of drug-likeness (QED) is 0.850. The lowest BCUT2D eigenvalue weighted by molar-refractivity contribution is -0.141. The van der Waals surface area contributed by atoms with Gasteiger partial charge < -0.3 is 5.32 Å². The van der Waals surface area contributed by atoms with Crippen molar-refractivity contribution in [2.75, 3.05) is 5.32 Å². The van der Waals surface area contributed by atoms with Crippen LogP contribution in [0.3, 0.4) is 0 Å². The van der Waals surface area contributed by atoms with Crippen molar-refractivity contribution in [3.8, 4) is 0 Å². The maximum atomic E-state index is 12.6. The number of carbonyl (C=O) groups excluding carboxylic acids is 2. The molecule has 112 valence electrons. The van der Waals surface area contributed by atoms with Gasteiger partial charge >= 0.3 is 0 Å². The normalized spacial score (nSPS) is 23.7. The van der Waals surface area contributed by atoms with E-state index in [1.165, 1.54) is 11.3 Å². The zero-order valence-electron chi connectivity index (χ0n) is 11.8.